The van der Waals surface area contributed by atoms with Gasteiger partial charge in [-0.2, -0.15) is 0 Å². The van der Waals surface area contributed by atoms with Gasteiger partial charge in [-0.15, -0.1) is 0 Å². The molecule has 6 nitrogen and oxygen atoms in total. The third-order valence-electron chi connectivity index (χ3n) is 3.32. The third-order valence-corrected chi connectivity index (χ3v) is 3.32. The number of carbonyl (C=O) groups is 3. The molecule has 0 heterocycles. The van der Waals surface area contributed by atoms with Gasteiger partial charge in [-0.25, -0.2) is 4.79 Å². The summed E-state index contributed by atoms with van der Waals surface area (Å²) < 4.78 is 9.81. The van der Waals surface area contributed by atoms with Gasteiger partial charge in [0.2, 0.25) is 0 Å². The van der Waals surface area contributed by atoms with Gasteiger partial charge >= 0.3 is 17.9 Å². The average molecular weight is 296 g/mol. The molecule has 0 fully saturated rings. The quantitative estimate of drug-likeness (QED) is 0.347. The molecule has 21 heavy (non-hydrogen) atoms. The van der Waals surface area contributed by atoms with E-state index in [1.54, 1.807) is 6.92 Å². The molecule has 116 valence electrons. The Morgan fingerprint density at radius 2 is 1.95 bits per heavy atom. The van der Waals surface area contributed by atoms with E-state index >= 15 is 0 Å². The Morgan fingerprint density at radius 3 is 2.52 bits per heavy atom. The van der Waals surface area contributed by atoms with E-state index in [4.69, 9.17) is 14.6 Å². The van der Waals surface area contributed by atoms with E-state index < -0.39 is 29.7 Å². The fraction of sp³-hybridized carbons (Fsp3) is 0.533. The molecule has 0 bridgehead atoms. The molecule has 2 atom stereocenters. The van der Waals surface area contributed by atoms with Crippen molar-refractivity contribution in [1.29, 1.82) is 0 Å². The molecule has 0 saturated carbocycles. The Labute approximate surface area is 123 Å². The molecule has 1 aliphatic rings. The fourth-order valence-electron chi connectivity index (χ4n) is 2.21. The summed E-state index contributed by atoms with van der Waals surface area (Å²) >= 11 is 0. The molecule has 0 aromatic rings. The zero-order valence-corrected chi connectivity index (χ0v) is 12.3. The van der Waals surface area contributed by atoms with Crippen LogP contribution in [0.25, 0.3) is 0 Å². The van der Waals surface area contributed by atoms with E-state index in [9.17, 15) is 14.4 Å². The maximum Gasteiger partial charge on any atom is 0.333 e. The van der Waals surface area contributed by atoms with Crippen molar-refractivity contribution in [1.82, 2.24) is 0 Å². The molecule has 1 rings (SSSR count). The van der Waals surface area contributed by atoms with Crippen molar-refractivity contribution >= 4 is 17.9 Å². The minimum Gasteiger partial charge on any atom is -0.481 e. The molecular formula is C15H20O6. The van der Waals surface area contributed by atoms with Gasteiger partial charge in [0.1, 0.15) is 13.2 Å². The molecule has 0 radical (unpaired) electrons. The van der Waals surface area contributed by atoms with E-state index in [1.807, 2.05) is 6.08 Å². The van der Waals surface area contributed by atoms with Gasteiger partial charge in [0, 0.05) is 5.57 Å². The van der Waals surface area contributed by atoms with E-state index in [2.05, 4.69) is 6.58 Å². The van der Waals surface area contributed by atoms with Crippen molar-refractivity contribution in [3.05, 3.63) is 23.8 Å². The minimum absolute atomic E-state index is 0.0787. The second-order valence-electron chi connectivity index (χ2n) is 5.03. The number of ether oxygens (including phenoxy) is 2. The summed E-state index contributed by atoms with van der Waals surface area (Å²) in [5, 5.41) is 9.17. The van der Waals surface area contributed by atoms with Gasteiger partial charge in [0.05, 0.1) is 11.8 Å². The number of hydrogen-bond acceptors (Lipinski definition) is 5. The van der Waals surface area contributed by atoms with Crippen LogP contribution in [0.4, 0.5) is 0 Å². The van der Waals surface area contributed by atoms with Gasteiger partial charge in [-0.05, 0) is 26.7 Å². The van der Waals surface area contributed by atoms with Crippen LogP contribution in [-0.4, -0.2) is 36.2 Å². The van der Waals surface area contributed by atoms with Crippen molar-refractivity contribution in [3.8, 4) is 0 Å². The standard InChI is InChI=1S/C15H20O6/c1-9(2)14(18)20-7-8-21-15(19)12-10(3)5-4-6-11(12)13(16)17/h5,11-12H,1,4,6-8H2,2-3H3,(H,16,17). The van der Waals surface area contributed by atoms with Crippen LogP contribution in [0.15, 0.2) is 23.8 Å². The number of esters is 2. The molecule has 0 spiro atoms. The van der Waals surface area contributed by atoms with Crippen molar-refractivity contribution in [2.75, 3.05) is 13.2 Å². The summed E-state index contributed by atoms with van der Waals surface area (Å²) in [6.45, 7) is 6.48. The van der Waals surface area contributed by atoms with Crippen LogP contribution in [0.3, 0.4) is 0 Å². The number of carboxylic acids is 1. The number of hydrogen-bond donors (Lipinski definition) is 1. The zero-order valence-electron chi connectivity index (χ0n) is 12.3. The lowest BCUT2D eigenvalue weighted by Gasteiger charge is -2.26. The molecule has 1 aliphatic carbocycles. The Kier molecular flexibility index (Phi) is 6.14. The van der Waals surface area contributed by atoms with E-state index in [0.29, 0.717) is 18.4 Å². The summed E-state index contributed by atoms with van der Waals surface area (Å²) in [6, 6.07) is 0. The van der Waals surface area contributed by atoms with Gasteiger partial charge in [-0.1, -0.05) is 18.2 Å². The topological polar surface area (TPSA) is 89.9 Å². The van der Waals surface area contributed by atoms with Crippen molar-refractivity contribution < 1.29 is 29.0 Å². The molecule has 0 aromatic heterocycles. The number of carbonyl (C=O) groups excluding carboxylic acids is 2. The molecule has 0 aliphatic heterocycles. The van der Waals surface area contributed by atoms with Gasteiger partial charge in [-0.3, -0.25) is 9.59 Å². The van der Waals surface area contributed by atoms with E-state index in [0.717, 1.165) is 0 Å². The first kappa shape index (κ1) is 16.9. The summed E-state index contributed by atoms with van der Waals surface area (Å²) in [4.78, 5) is 34.3. The summed E-state index contributed by atoms with van der Waals surface area (Å²) in [6.07, 6.45) is 2.91. The Bertz CT molecular complexity index is 477. The normalized spacial score (nSPS) is 21.1. The lowest BCUT2D eigenvalue weighted by Crippen LogP contribution is -2.34. The third kappa shape index (κ3) is 4.73. The second kappa shape index (κ2) is 7.61. The van der Waals surface area contributed by atoms with Crippen LogP contribution in [0.1, 0.15) is 26.7 Å². The van der Waals surface area contributed by atoms with E-state index in [1.165, 1.54) is 6.92 Å². The number of aliphatic carboxylic acids is 1. The smallest absolute Gasteiger partial charge is 0.333 e. The minimum atomic E-state index is -1.00. The average Bonchev–Trinajstić information content (AvgIpc) is 2.42. The summed E-state index contributed by atoms with van der Waals surface area (Å²) in [7, 11) is 0. The van der Waals surface area contributed by atoms with Crippen LogP contribution >= 0.6 is 0 Å². The first-order valence-electron chi connectivity index (χ1n) is 6.73. The maximum absolute atomic E-state index is 12.0. The Morgan fingerprint density at radius 1 is 1.33 bits per heavy atom. The zero-order chi connectivity index (χ0) is 16.0. The molecular weight excluding hydrogens is 276 g/mol. The van der Waals surface area contributed by atoms with Gasteiger partial charge < -0.3 is 14.6 Å². The molecule has 0 saturated heterocycles. The SMILES string of the molecule is C=C(C)C(=O)OCCOC(=O)C1C(C)=CCCC1C(=O)O. The molecule has 0 aromatic carbocycles. The van der Waals surface area contributed by atoms with Crippen LogP contribution < -0.4 is 0 Å². The first-order chi connectivity index (χ1) is 9.84. The number of carboxylic acid groups (broad SMARTS) is 1. The predicted molar refractivity (Wildman–Crippen MR) is 74.3 cm³/mol. The maximum atomic E-state index is 12.0. The largest absolute Gasteiger partial charge is 0.481 e. The molecule has 2 unspecified atom stereocenters. The second-order valence-corrected chi connectivity index (χ2v) is 5.03. The van der Waals surface area contributed by atoms with Gasteiger partial charge in [0.15, 0.2) is 0 Å². The Hall–Kier alpha value is -2.11. The van der Waals surface area contributed by atoms with Gasteiger partial charge in [0.25, 0.3) is 0 Å². The van der Waals surface area contributed by atoms with Crippen LogP contribution in [-0.2, 0) is 23.9 Å². The lowest BCUT2D eigenvalue weighted by atomic mass is 9.79. The first-order valence-corrected chi connectivity index (χ1v) is 6.73. The fourth-order valence-corrected chi connectivity index (χ4v) is 2.21. The van der Waals surface area contributed by atoms with Crippen molar-refractivity contribution in [2.24, 2.45) is 11.8 Å². The van der Waals surface area contributed by atoms with Crippen LogP contribution in [0.5, 0.6) is 0 Å². The highest BCUT2D eigenvalue weighted by Crippen LogP contribution is 2.31. The highest BCUT2D eigenvalue weighted by molar-refractivity contribution is 5.87. The van der Waals surface area contributed by atoms with E-state index in [-0.39, 0.29) is 18.8 Å². The number of allylic oxidation sites excluding steroid dienone is 1. The van der Waals surface area contributed by atoms with Crippen molar-refractivity contribution in [3.63, 3.8) is 0 Å². The highest BCUT2D eigenvalue weighted by atomic mass is 16.6. The summed E-state index contributed by atoms with van der Waals surface area (Å²) in [5.41, 5.74) is 0.968. The lowest BCUT2D eigenvalue weighted by molar-refractivity contribution is -0.159. The Balaban J connectivity index is 2.51. The predicted octanol–water partition coefficient (Wildman–Crippen LogP) is 1.71. The monoisotopic (exact) mass is 296 g/mol. The highest BCUT2D eigenvalue weighted by Gasteiger charge is 2.37. The van der Waals surface area contributed by atoms with Crippen LogP contribution in [0, 0.1) is 11.8 Å². The van der Waals surface area contributed by atoms with Crippen molar-refractivity contribution in [2.45, 2.75) is 26.7 Å². The molecule has 1 N–H and O–H groups in total. The molecule has 0 amide bonds. The van der Waals surface area contributed by atoms with Crippen LogP contribution in [0.2, 0.25) is 0 Å². The summed E-state index contributed by atoms with van der Waals surface area (Å²) in [5.74, 6) is -3.68. The molecule has 6 heteroatoms. The number of rotatable bonds is 6.